The van der Waals surface area contributed by atoms with E-state index >= 15 is 0 Å². The van der Waals surface area contributed by atoms with Crippen LogP contribution in [0.5, 0.6) is 0 Å². The third kappa shape index (κ3) is 2.58. The summed E-state index contributed by atoms with van der Waals surface area (Å²) in [7, 11) is 1.28. The van der Waals surface area contributed by atoms with Gasteiger partial charge in [0.1, 0.15) is 0 Å². The number of carbonyl (C=O) groups is 3. The fraction of sp³-hybridized carbons (Fsp3) is 0.286. The second-order valence-corrected chi connectivity index (χ2v) is 2.19. The Kier molecular flexibility index (Phi) is 3.64. The molecular weight excluding hydrogens is 178 g/mol. The van der Waals surface area contributed by atoms with Gasteiger partial charge in [0.25, 0.3) is 0 Å². The lowest BCUT2D eigenvalue weighted by Crippen LogP contribution is -2.24. The van der Waals surface area contributed by atoms with Crippen LogP contribution in [-0.4, -0.2) is 35.1 Å². The molecule has 0 spiro atoms. The molecule has 1 amide bonds. The molecule has 0 heterocycles. The van der Waals surface area contributed by atoms with Gasteiger partial charge in [0.05, 0.1) is 0 Å². The molecule has 0 rings (SSSR count). The summed E-state index contributed by atoms with van der Waals surface area (Å²) in [4.78, 5) is 31.6. The summed E-state index contributed by atoms with van der Waals surface area (Å²) < 4.78 is 0. The molecule has 0 saturated carbocycles. The SMILES string of the molecule is CNC(=O)C(C)=C(C(=O)O)C(=O)O. The number of hydrogen-bond donors (Lipinski definition) is 3. The molecule has 13 heavy (non-hydrogen) atoms. The van der Waals surface area contributed by atoms with Crippen LogP contribution in [-0.2, 0) is 14.4 Å². The van der Waals surface area contributed by atoms with Gasteiger partial charge in [-0.2, -0.15) is 0 Å². The Labute approximate surface area is 73.9 Å². The van der Waals surface area contributed by atoms with E-state index in [2.05, 4.69) is 5.32 Å². The maximum atomic E-state index is 10.9. The number of carboxylic acid groups (broad SMARTS) is 2. The molecule has 0 atom stereocenters. The van der Waals surface area contributed by atoms with Gasteiger partial charge in [-0.25, -0.2) is 9.59 Å². The van der Waals surface area contributed by atoms with Gasteiger partial charge in [0.2, 0.25) is 5.91 Å². The van der Waals surface area contributed by atoms with Crippen LogP contribution in [0.3, 0.4) is 0 Å². The molecule has 72 valence electrons. The Morgan fingerprint density at radius 2 is 1.46 bits per heavy atom. The molecule has 0 fully saturated rings. The highest BCUT2D eigenvalue weighted by molar-refractivity contribution is 6.18. The van der Waals surface area contributed by atoms with Crippen LogP contribution in [0.1, 0.15) is 6.92 Å². The molecular formula is C7H9NO5. The average molecular weight is 187 g/mol. The Bertz CT molecular complexity index is 275. The predicted molar refractivity (Wildman–Crippen MR) is 42.0 cm³/mol. The summed E-state index contributed by atoms with van der Waals surface area (Å²) in [6.45, 7) is 1.14. The van der Waals surface area contributed by atoms with Gasteiger partial charge in [-0.15, -0.1) is 0 Å². The number of aliphatic carboxylic acids is 2. The van der Waals surface area contributed by atoms with E-state index in [0.717, 1.165) is 6.92 Å². The van der Waals surface area contributed by atoms with E-state index in [9.17, 15) is 14.4 Å². The monoisotopic (exact) mass is 187 g/mol. The van der Waals surface area contributed by atoms with Gasteiger partial charge >= 0.3 is 11.9 Å². The molecule has 6 heteroatoms. The number of likely N-dealkylation sites (N-methyl/N-ethyl adjacent to an activating group) is 1. The standard InChI is InChI=1S/C7H9NO5/c1-3(5(9)8-2)4(6(10)11)7(12)13/h1-2H3,(H,8,9)(H,10,11)(H,12,13). The van der Waals surface area contributed by atoms with Crippen LogP contribution in [0.15, 0.2) is 11.1 Å². The summed E-state index contributed by atoms with van der Waals surface area (Å²) >= 11 is 0. The van der Waals surface area contributed by atoms with Gasteiger partial charge in [0, 0.05) is 12.6 Å². The number of carbonyl (C=O) groups excluding carboxylic acids is 1. The quantitative estimate of drug-likeness (QED) is 0.305. The molecule has 0 aromatic rings. The smallest absolute Gasteiger partial charge is 0.343 e. The highest BCUT2D eigenvalue weighted by atomic mass is 16.4. The highest BCUT2D eigenvalue weighted by Crippen LogP contribution is 2.04. The number of amides is 1. The molecule has 3 N–H and O–H groups in total. The van der Waals surface area contributed by atoms with Crippen LogP contribution in [0.2, 0.25) is 0 Å². The van der Waals surface area contributed by atoms with E-state index in [1.54, 1.807) is 0 Å². The van der Waals surface area contributed by atoms with Crippen molar-refractivity contribution in [1.82, 2.24) is 5.32 Å². The Morgan fingerprint density at radius 3 is 1.69 bits per heavy atom. The van der Waals surface area contributed by atoms with Crippen molar-refractivity contribution in [2.75, 3.05) is 7.05 Å². The lowest BCUT2D eigenvalue weighted by atomic mass is 10.1. The van der Waals surface area contributed by atoms with E-state index in [1.807, 2.05) is 0 Å². The minimum absolute atomic E-state index is 0.331. The molecule has 0 saturated heterocycles. The summed E-state index contributed by atoms with van der Waals surface area (Å²) in [6, 6.07) is 0. The van der Waals surface area contributed by atoms with Crippen LogP contribution in [0, 0.1) is 0 Å². The molecule has 0 aromatic carbocycles. The third-order valence-electron chi connectivity index (χ3n) is 1.37. The summed E-state index contributed by atoms with van der Waals surface area (Å²) in [5.74, 6) is -3.98. The van der Waals surface area contributed by atoms with Gasteiger partial charge in [-0.3, -0.25) is 4.79 Å². The van der Waals surface area contributed by atoms with E-state index < -0.39 is 23.4 Å². The molecule has 0 unspecified atom stereocenters. The zero-order valence-electron chi connectivity index (χ0n) is 7.12. The summed E-state index contributed by atoms with van der Waals surface area (Å²) in [5.41, 5.74) is -1.25. The molecule has 0 bridgehead atoms. The largest absolute Gasteiger partial charge is 0.477 e. The number of carboxylic acids is 2. The first kappa shape index (κ1) is 11.2. The van der Waals surface area contributed by atoms with Crippen molar-refractivity contribution in [3.63, 3.8) is 0 Å². The minimum Gasteiger partial charge on any atom is -0.477 e. The van der Waals surface area contributed by atoms with Crippen molar-refractivity contribution in [2.24, 2.45) is 0 Å². The van der Waals surface area contributed by atoms with Gasteiger partial charge in [-0.05, 0) is 6.92 Å². The predicted octanol–water partition coefficient (Wildman–Crippen LogP) is -0.782. The van der Waals surface area contributed by atoms with Crippen molar-refractivity contribution < 1.29 is 24.6 Å². The van der Waals surface area contributed by atoms with Crippen LogP contribution in [0.25, 0.3) is 0 Å². The molecule has 0 radical (unpaired) electrons. The fourth-order valence-corrected chi connectivity index (χ4v) is 0.713. The molecule has 0 aliphatic heterocycles. The van der Waals surface area contributed by atoms with Gasteiger partial charge in [0.15, 0.2) is 5.57 Å². The normalized spacial score (nSPS) is 8.77. The van der Waals surface area contributed by atoms with Gasteiger partial charge < -0.3 is 15.5 Å². The van der Waals surface area contributed by atoms with E-state index in [1.165, 1.54) is 7.05 Å². The second-order valence-electron chi connectivity index (χ2n) is 2.19. The summed E-state index contributed by atoms with van der Waals surface area (Å²) in [5, 5.41) is 19.0. The van der Waals surface area contributed by atoms with Crippen molar-refractivity contribution >= 4 is 17.8 Å². The van der Waals surface area contributed by atoms with E-state index in [0.29, 0.717) is 0 Å². The number of rotatable bonds is 3. The molecule has 6 nitrogen and oxygen atoms in total. The van der Waals surface area contributed by atoms with Crippen molar-refractivity contribution in [1.29, 1.82) is 0 Å². The number of hydrogen-bond acceptors (Lipinski definition) is 3. The average Bonchev–Trinajstić information content (AvgIpc) is 2.01. The zero-order valence-corrected chi connectivity index (χ0v) is 7.12. The lowest BCUT2D eigenvalue weighted by molar-refractivity contribution is -0.140. The Balaban J connectivity index is 5.22. The van der Waals surface area contributed by atoms with Gasteiger partial charge in [-0.1, -0.05) is 0 Å². The first-order chi connectivity index (χ1) is 5.91. The van der Waals surface area contributed by atoms with E-state index in [4.69, 9.17) is 10.2 Å². The zero-order chi connectivity index (χ0) is 10.6. The first-order valence-corrected chi connectivity index (χ1v) is 3.31. The maximum absolute atomic E-state index is 10.9. The molecule has 0 aromatic heterocycles. The fourth-order valence-electron chi connectivity index (χ4n) is 0.713. The maximum Gasteiger partial charge on any atom is 0.343 e. The third-order valence-corrected chi connectivity index (χ3v) is 1.37. The van der Waals surface area contributed by atoms with Crippen molar-refractivity contribution in [3.8, 4) is 0 Å². The highest BCUT2D eigenvalue weighted by Gasteiger charge is 2.22. The molecule has 0 aliphatic rings. The van der Waals surface area contributed by atoms with Crippen molar-refractivity contribution in [2.45, 2.75) is 6.92 Å². The summed E-state index contributed by atoms with van der Waals surface area (Å²) in [6.07, 6.45) is 0. The number of nitrogens with one attached hydrogen (secondary N) is 1. The van der Waals surface area contributed by atoms with Crippen molar-refractivity contribution in [3.05, 3.63) is 11.1 Å². The van der Waals surface area contributed by atoms with Crippen LogP contribution < -0.4 is 5.32 Å². The van der Waals surface area contributed by atoms with E-state index in [-0.39, 0.29) is 5.57 Å². The minimum atomic E-state index is -1.63. The second kappa shape index (κ2) is 4.24. The Morgan fingerprint density at radius 1 is 1.08 bits per heavy atom. The first-order valence-electron chi connectivity index (χ1n) is 3.31. The topological polar surface area (TPSA) is 104 Å². The lowest BCUT2D eigenvalue weighted by Gasteiger charge is -2.01. The van der Waals surface area contributed by atoms with Crippen LogP contribution in [0.4, 0.5) is 0 Å². The molecule has 0 aliphatic carbocycles. The van der Waals surface area contributed by atoms with Crippen LogP contribution >= 0.6 is 0 Å². The Hall–Kier alpha value is -1.85.